The van der Waals surface area contributed by atoms with E-state index in [4.69, 9.17) is 4.74 Å². The van der Waals surface area contributed by atoms with Gasteiger partial charge in [0.15, 0.2) is 0 Å². The summed E-state index contributed by atoms with van der Waals surface area (Å²) in [6.45, 7) is 6.31. The van der Waals surface area contributed by atoms with Gasteiger partial charge in [-0.15, -0.1) is 0 Å². The minimum Gasteiger partial charge on any atom is -0.462 e. The maximum absolute atomic E-state index is 13.2. The van der Waals surface area contributed by atoms with Crippen LogP contribution in [0.3, 0.4) is 0 Å². The first-order valence-electron chi connectivity index (χ1n) is 24.7. The summed E-state index contributed by atoms with van der Waals surface area (Å²) in [5.74, 6) is -0.526. The molecule has 0 aliphatic rings. The Morgan fingerprint density at radius 2 is 0.915 bits per heavy atom. The first kappa shape index (κ1) is 56.3. The van der Waals surface area contributed by atoms with Gasteiger partial charge in [0, 0.05) is 6.42 Å². The highest BCUT2D eigenvalue weighted by Gasteiger charge is 2.24. The van der Waals surface area contributed by atoms with E-state index in [1.54, 1.807) is 0 Å². The van der Waals surface area contributed by atoms with Crippen LogP contribution in [0.2, 0.25) is 0 Å². The molecule has 0 aromatic heterocycles. The van der Waals surface area contributed by atoms with Crippen LogP contribution in [0.4, 0.5) is 0 Å². The number of carbonyl (C=O) groups is 2. The number of aliphatic hydroxyl groups excluding tert-OH is 2. The minimum atomic E-state index is -0.796. The molecule has 6 heteroatoms. The first-order valence-corrected chi connectivity index (χ1v) is 24.7. The van der Waals surface area contributed by atoms with Gasteiger partial charge in [0.05, 0.1) is 25.2 Å². The Labute approximate surface area is 364 Å². The van der Waals surface area contributed by atoms with E-state index in [1.807, 2.05) is 54.7 Å². The summed E-state index contributed by atoms with van der Waals surface area (Å²) in [6.07, 6.45) is 58.1. The second-order valence-corrected chi connectivity index (χ2v) is 16.6. The number of rotatable bonds is 43. The van der Waals surface area contributed by atoms with Crippen LogP contribution in [0.15, 0.2) is 72.9 Å². The van der Waals surface area contributed by atoms with Gasteiger partial charge in [-0.05, 0) is 44.9 Å². The van der Waals surface area contributed by atoms with Crippen LogP contribution < -0.4 is 5.32 Å². The highest BCUT2D eigenvalue weighted by Crippen LogP contribution is 2.18. The van der Waals surface area contributed by atoms with E-state index in [2.05, 4.69) is 44.3 Å². The number of ether oxygens (including phenoxy) is 1. The van der Waals surface area contributed by atoms with Gasteiger partial charge < -0.3 is 20.3 Å². The molecule has 3 atom stereocenters. The molecule has 0 aromatic rings. The molecule has 59 heavy (non-hydrogen) atoms. The lowest BCUT2D eigenvalue weighted by molar-refractivity contribution is -0.151. The number of amides is 1. The Balaban J connectivity index is 4.62. The van der Waals surface area contributed by atoms with E-state index in [0.29, 0.717) is 19.3 Å². The highest BCUT2D eigenvalue weighted by atomic mass is 16.5. The summed E-state index contributed by atoms with van der Waals surface area (Å²) < 4.78 is 5.90. The fourth-order valence-electron chi connectivity index (χ4n) is 7.23. The topological polar surface area (TPSA) is 95.9 Å². The number of nitrogens with one attached hydrogen (secondary N) is 1. The van der Waals surface area contributed by atoms with E-state index in [1.165, 1.54) is 109 Å². The molecular formula is C53H93NO5. The smallest absolute Gasteiger partial charge is 0.306 e. The van der Waals surface area contributed by atoms with Crippen LogP contribution in [0, 0.1) is 0 Å². The van der Waals surface area contributed by atoms with Gasteiger partial charge in [0.2, 0.25) is 5.91 Å². The van der Waals surface area contributed by atoms with E-state index in [-0.39, 0.29) is 24.9 Å². The van der Waals surface area contributed by atoms with E-state index >= 15 is 0 Å². The third-order valence-corrected chi connectivity index (χ3v) is 11.0. The average molecular weight is 824 g/mol. The molecule has 3 unspecified atom stereocenters. The summed E-state index contributed by atoms with van der Waals surface area (Å²) in [5.41, 5.74) is 0. The Kier molecular flexibility index (Phi) is 44.2. The van der Waals surface area contributed by atoms with Crippen molar-refractivity contribution < 1.29 is 24.5 Å². The number of unbranched alkanes of at least 4 members (excludes halogenated alkanes) is 24. The summed E-state index contributed by atoms with van der Waals surface area (Å²) in [6, 6.07) is -0.711. The van der Waals surface area contributed by atoms with Crippen LogP contribution in [-0.2, 0) is 14.3 Å². The quantitative estimate of drug-likeness (QED) is 0.0323. The molecule has 0 aliphatic heterocycles. The van der Waals surface area contributed by atoms with Crippen molar-refractivity contribution >= 4 is 11.9 Å². The van der Waals surface area contributed by atoms with E-state index < -0.39 is 18.2 Å². The van der Waals surface area contributed by atoms with Crippen molar-refractivity contribution in [2.45, 2.75) is 244 Å². The fourth-order valence-corrected chi connectivity index (χ4v) is 7.23. The number of esters is 1. The third-order valence-electron chi connectivity index (χ3n) is 11.0. The van der Waals surface area contributed by atoms with Gasteiger partial charge in [-0.25, -0.2) is 0 Å². The number of hydrogen-bond donors (Lipinski definition) is 3. The van der Waals surface area contributed by atoms with Crippen LogP contribution in [0.5, 0.6) is 0 Å². The Bertz CT molecular complexity index is 1110. The number of carbonyl (C=O) groups excluding carboxylic acids is 2. The largest absolute Gasteiger partial charge is 0.462 e. The standard InChI is InChI=1S/C53H93NO5/c1-4-7-10-13-16-19-22-24-25-26-27-29-31-34-37-40-43-46-53(58)59-49(44-41-38-35-32-21-18-15-12-9-6-3)47-52(57)54-50(48-55)51(56)45-42-39-36-33-30-28-23-20-17-14-11-8-5-2/h7,10,13,16,19,22,24-27,29,31,49-51,55-56H,4-6,8-9,11-12,14-15,17-18,20-21,23,28,30,32-48H2,1-3H3,(H,54,57)/b10-7-,16-13+,22-19+,25-24-,27-26+,31-29+. The molecule has 0 spiro atoms. The van der Waals surface area contributed by atoms with Gasteiger partial charge >= 0.3 is 5.97 Å². The lowest BCUT2D eigenvalue weighted by Gasteiger charge is -2.24. The van der Waals surface area contributed by atoms with Crippen molar-refractivity contribution in [3.8, 4) is 0 Å². The van der Waals surface area contributed by atoms with Crippen LogP contribution in [0.1, 0.15) is 226 Å². The summed E-state index contributed by atoms with van der Waals surface area (Å²) in [7, 11) is 0. The summed E-state index contributed by atoms with van der Waals surface area (Å²) in [4.78, 5) is 26.1. The molecule has 6 nitrogen and oxygen atoms in total. The van der Waals surface area contributed by atoms with Crippen molar-refractivity contribution in [3.05, 3.63) is 72.9 Å². The third kappa shape index (κ3) is 41.8. The van der Waals surface area contributed by atoms with Gasteiger partial charge in [-0.3, -0.25) is 9.59 Å². The number of allylic oxidation sites excluding steroid dienone is 12. The predicted octanol–water partition coefficient (Wildman–Crippen LogP) is 14.6. The van der Waals surface area contributed by atoms with Crippen molar-refractivity contribution in [2.75, 3.05) is 6.61 Å². The van der Waals surface area contributed by atoms with Crippen molar-refractivity contribution in [1.82, 2.24) is 5.32 Å². The SMILES string of the molecule is CC\C=C/C=C/C=C/C=C\C=C\C=C\CCCCCC(=O)OC(CCCCCCCCCCCC)CC(=O)NC(CO)C(O)CCCCCCCCCCCCCCC. The molecule has 340 valence electrons. The molecule has 1 amide bonds. The van der Waals surface area contributed by atoms with E-state index in [9.17, 15) is 19.8 Å². The molecule has 0 heterocycles. The Morgan fingerprint density at radius 1 is 0.508 bits per heavy atom. The lowest BCUT2D eigenvalue weighted by atomic mass is 10.0. The maximum atomic E-state index is 13.2. The summed E-state index contributed by atoms with van der Waals surface area (Å²) >= 11 is 0. The second kappa shape index (κ2) is 46.4. The number of aliphatic hydroxyl groups is 2. The fraction of sp³-hybridized carbons (Fsp3) is 0.736. The molecule has 0 saturated carbocycles. The highest BCUT2D eigenvalue weighted by molar-refractivity contribution is 5.77. The van der Waals surface area contributed by atoms with Crippen LogP contribution in [-0.4, -0.2) is 46.9 Å². The van der Waals surface area contributed by atoms with Crippen LogP contribution in [0.25, 0.3) is 0 Å². The zero-order valence-electron chi connectivity index (χ0n) is 38.6. The number of hydrogen-bond acceptors (Lipinski definition) is 5. The van der Waals surface area contributed by atoms with E-state index in [0.717, 1.165) is 70.6 Å². The predicted molar refractivity (Wildman–Crippen MR) is 255 cm³/mol. The molecular weight excluding hydrogens is 731 g/mol. The molecule has 0 radical (unpaired) electrons. The Hall–Kier alpha value is -2.70. The molecule has 0 aromatic carbocycles. The lowest BCUT2D eigenvalue weighted by Crippen LogP contribution is -2.46. The monoisotopic (exact) mass is 824 g/mol. The average Bonchev–Trinajstić information content (AvgIpc) is 3.23. The van der Waals surface area contributed by atoms with Crippen molar-refractivity contribution in [2.24, 2.45) is 0 Å². The molecule has 0 aliphatic carbocycles. The molecule has 0 bridgehead atoms. The zero-order valence-corrected chi connectivity index (χ0v) is 38.6. The second-order valence-electron chi connectivity index (χ2n) is 16.6. The summed E-state index contributed by atoms with van der Waals surface area (Å²) in [5, 5.41) is 23.7. The first-order chi connectivity index (χ1) is 29.0. The van der Waals surface area contributed by atoms with Gasteiger partial charge in [-0.2, -0.15) is 0 Å². The molecule has 3 N–H and O–H groups in total. The van der Waals surface area contributed by atoms with Gasteiger partial charge in [-0.1, -0.05) is 241 Å². The van der Waals surface area contributed by atoms with Gasteiger partial charge in [0.25, 0.3) is 0 Å². The molecule has 0 saturated heterocycles. The normalized spacial score (nSPS) is 13.9. The maximum Gasteiger partial charge on any atom is 0.306 e. The van der Waals surface area contributed by atoms with Crippen LogP contribution >= 0.6 is 0 Å². The Morgan fingerprint density at radius 3 is 1.37 bits per heavy atom. The molecule has 0 fully saturated rings. The van der Waals surface area contributed by atoms with Gasteiger partial charge in [0.1, 0.15) is 6.10 Å². The minimum absolute atomic E-state index is 0.0581. The van der Waals surface area contributed by atoms with Crippen molar-refractivity contribution in [1.29, 1.82) is 0 Å². The molecule has 0 rings (SSSR count). The van der Waals surface area contributed by atoms with Crippen molar-refractivity contribution in [3.63, 3.8) is 0 Å². The zero-order chi connectivity index (χ0) is 43.1.